The number of carbonyl (C=O) groups is 1. The zero-order valence-corrected chi connectivity index (χ0v) is 13.0. The Morgan fingerprint density at radius 3 is 3.00 bits per heavy atom. The fourth-order valence-electron chi connectivity index (χ4n) is 2.76. The van der Waals surface area contributed by atoms with Crippen LogP contribution in [-0.2, 0) is 9.53 Å². The number of carbonyl (C=O) groups excluding carboxylic acids is 1. The second-order valence-corrected chi connectivity index (χ2v) is 5.77. The summed E-state index contributed by atoms with van der Waals surface area (Å²) in [5.74, 6) is 0.0688. The van der Waals surface area contributed by atoms with Gasteiger partial charge in [-0.1, -0.05) is 0 Å². The van der Waals surface area contributed by atoms with Crippen molar-refractivity contribution in [2.45, 2.75) is 18.4 Å². The van der Waals surface area contributed by atoms with Gasteiger partial charge >= 0.3 is 0 Å². The van der Waals surface area contributed by atoms with Crippen molar-refractivity contribution in [2.75, 3.05) is 45.3 Å². The van der Waals surface area contributed by atoms with Crippen molar-refractivity contribution in [1.82, 2.24) is 9.88 Å². The number of aromatic nitrogens is 1. The molecular weight excluding hydrogens is 289 g/mol. The molecule has 1 aromatic heterocycles. The number of β-amino-alcohol motifs (C(OH)–C–C–N with tert-alkyl or cyclic N) is 1. The number of likely N-dealkylation sites (N-methyl/N-ethyl adjacent to an activating group) is 1. The molecule has 1 N–H and O–H groups in total. The van der Waals surface area contributed by atoms with E-state index in [2.05, 4.69) is 4.98 Å². The zero-order chi connectivity index (χ0) is 16.2. The molecule has 1 atom stereocenters. The van der Waals surface area contributed by atoms with E-state index in [1.165, 1.54) is 18.1 Å². The van der Waals surface area contributed by atoms with E-state index in [0.717, 1.165) is 19.2 Å². The molecule has 0 aliphatic carbocycles. The van der Waals surface area contributed by atoms with Gasteiger partial charge < -0.3 is 19.6 Å². The van der Waals surface area contributed by atoms with Crippen molar-refractivity contribution in [3.05, 3.63) is 24.1 Å². The van der Waals surface area contributed by atoms with E-state index >= 15 is 0 Å². The summed E-state index contributed by atoms with van der Waals surface area (Å²) in [6.07, 6.45) is 2.55. The highest BCUT2D eigenvalue weighted by atomic mass is 19.1. The summed E-state index contributed by atoms with van der Waals surface area (Å²) in [6, 6.07) is 2.95. The van der Waals surface area contributed by atoms with Crippen molar-refractivity contribution < 1.29 is 19.0 Å². The largest absolute Gasteiger partial charge is 0.386 e. The highest BCUT2D eigenvalue weighted by Crippen LogP contribution is 2.25. The molecule has 0 radical (unpaired) electrons. The summed E-state index contributed by atoms with van der Waals surface area (Å²) in [5.41, 5.74) is -1.01. The first-order valence-electron chi connectivity index (χ1n) is 7.25. The van der Waals surface area contributed by atoms with Gasteiger partial charge in [-0.05, 0) is 25.0 Å². The molecule has 0 aromatic carbocycles. The van der Waals surface area contributed by atoms with Crippen molar-refractivity contribution in [2.24, 2.45) is 0 Å². The molecule has 2 heterocycles. The van der Waals surface area contributed by atoms with Gasteiger partial charge in [-0.3, -0.25) is 4.79 Å². The van der Waals surface area contributed by atoms with Gasteiger partial charge in [0.25, 0.3) is 0 Å². The molecule has 0 unspecified atom stereocenters. The highest BCUT2D eigenvalue weighted by molar-refractivity contribution is 5.77. The summed E-state index contributed by atoms with van der Waals surface area (Å²) in [4.78, 5) is 19.2. The number of hydrogen-bond donors (Lipinski definition) is 1. The Labute approximate surface area is 129 Å². The molecule has 0 saturated carbocycles. The van der Waals surface area contributed by atoms with E-state index < -0.39 is 5.60 Å². The lowest BCUT2D eigenvalue weighted by atomic mass is 9.92. The fraction of sp³-hybridized carbons (Fsp3) is 0.600. The van der Waals surface area contributed by atoms with E-state index in [4.69, 9.17) is 4.74 Å². The predicted molar refractivity (Wildman–Crippen MR) is 80.1 cm³/mol. The fourth-order valence-corrected chi connectivity index (χ4v) is 2.76. The number of piperidine rings is 1. The third kappa shape index (κ3) is 4.14. The number of anilines is 1. The second-order valence-electron chi connectivity index (χ2n) is 5.77. The zero-order valence-electron chi connectivity index (χ0n) is 13.0. The maximum Gasteiger partial charge on any atom is 0.248 e. The molecule has 122 valence electrons. The van der Waals surface area contributed by atoms with Crippen LogP contribution in [0.25, 0.3) is 0 Å². The van der Waals surface area contributed by atoms with E-state index in [1.807, 2.05) is 4.90 Å². The lowest BCUT2D eigenvalue weighted by Gasteiger charge is -2.41. The molecular formula is C15H22FN3O3. The predicted octanol–water partition coefficient (Wildman–Crippen LogP) is 0.657. The van der Waals surface area contributed by atoms with E-state index in [0.29, 0.717) is 18.8 Å². The summed E-state index contributed by atoms with van der Waals surface area (Å²) in [5, 5.41) is 10.8. The molecule has 0 bridgehead atoms. The Kier molecular flexibility index (Phi) is 5.31. The quantitative estimate of drug-likeness (QED) is 0.865. The van der Waals surface area contributed by atoms with Crippen molar-refractivity contribution in [3.8, 4) is 0 Å². The minimum atomic E-state index is -1.01. The SMILES string of the molecule is COCC(=O)N(C)C[C@]1(O)CCCN(c2ccc(F)cn2)C1. The van der Waals surface area contributed by atoms with Gasteiger partial charge in [-0.2, -0.15) is 0 Å². The number of hydrogen-bond acceptors (Lipinski definition) is 5. The van der Waals surface area contributed by atoms with Crippen LogP contribution >= 0.6 is 0 Å². The average molecular weight is 311 g/mol. The van der Waals surface area contributed by atoms with Crippen LogP contribution in [0.4, 0.5) is 10.2 Å². The van der Waals surface area contributed by atoms with Crippen molar-refractivity contribution >= 4 is 11.7 Å². The van der Waals surface area contributed by atoms with E-state index in [9.17, 15) is 14.3 Å². The molecule has 0 spiro atoms. The Morgan fingerprint density at radius 2 is 2.36 bits per heavy atom. The van der Waals surface area contributed by atoms with Crippen LogP contribution in [0.15, 0.2) is 18.3 Å². The molecule has 1 aliphatic rings. The summed E-state index contributed by atoms with van der Waals surface area (Å²) < 4.78 is 17.8. The third-order valence-corrected chi connectivity index (χ3v) is 3.82. The third-order valence-electron chi connectivity index (χ3n) is 3.82. The number of methoxy groups -OCH3 is 1. The number of ether oxygens (including phenoxy) is 1. The summed E-state index contributed by atoms with van der Waals surface area (Å²) in [7, 11) is 3.11. The number of nitrogens with zero attached hydrogens (tertiary/aromatic N) is 3. The van der Waals surface area contributed by atoms with Crippen LogP contribution in [-0.4, -0.2) is 66.9 Å². The van der Waals surface area contributed by atoms with Crippen LogP contribution in [0, 0.1) is 5.82 Å². The number of amides is 1. The maximum atomic E-state index is 13.0. The maximum absolute atomic E-state index is 13.0. The minimum absolute atomic E-state index is 0.00415. The van der Waals surface area contributed by atoms with E-state index in [-0.39, 0.29) is 24.9 Å². The van der Waals surface area contributed by atoms with Gasteiger partial charge in [-0.15, -0.1) is 0 Å². The van der Waals surface area contributed by atoms with Crippen LogP contribution in [0.2, 0.25) is 0 Å². The second kappa shape index (κ2) is 7.02. The number of aliphatic hydroxyl groups is 1. The molecule has 1 amide bonds. The normalized spacial score (nSPS) is 21.7. The lowest BCUT2D eigenvalue weighted by Crippen LogP contribution is -2.55. The van der Waals surface area contributed by atoms with Gasteiger partial charge in [0.15, 0.2) is 0 Å². The van der Waals surface area contributed by atoms with E-state index in [1.54, 1.807) is 13.1 Å². The first kappa shape index (κ1) is 16.6. The minimum Gasteiger partial charge on any atom is -0.386 e. The smallest absolute Gasteiger partial charge is 0.248 e. The first-order valence-corrected chi connectivity index (χ1v) is 7.25. The number of halogens is 1. The molecule has 1 aliphatic heterocycles. The topological polar surface area (TPSA) is 65.9 Å². The van der Waals surface area contributed by atoms with Crippen molar-refractivity contribution in [3.63, 3.8) is 0 Å². The highest BCUT2D eigenvalue weighted by Gasteiger charge is 2.35. The van der Waals surface area contributed by atoms with Gasteiger partial charge in [0, 0.05) is 27.2 Å². The van der Waals surface area contributed by atoms with Crippen LogP contribution in [0.3, 0.4) is 0 Å². The van der Waals surface area contributed by atoms with Crippen LogP contribution < -0.4 is 4.90 Å². The van der Waals surface area contributed by atoms with Crippen LogP contribution in [0.1, 0.15) is 12.8 Å². The van der Waals surface area contributed by atoms with Crippen molar-refractivity contribution in [1.29, 1.82) is 0 Å². The van der Waals surface area contributed by atoms with Crippen LogP contribution in [0.5, 0.6) is 0 Å². The molecule has 2 rings (SSSR count). The number of rotatable bonds is 5. The molecule has 1 saturated heterocycles. The average Bonchev–Trinajstić information content (AvgIpc) is 2.47. The van der Waals surface area contributed by atoms with Gasteiger partial charge in [0.05, 0.1) is 18.3 Å². The summed E-state index contributed by atoms with van der Waals surface area (Å²) in [6.45, 7) is 1.33. The molecule has 1 aromatic rings. The Bertz CT molecular complexity index is 511. The van der Waals surface area contributed by atoms with Gasteiger partial charge in [0.1, 0.15) is 18.2 Å². The van der Waals surface area contributed by atoms with Gasteiger partial charge in [0.2, 0.25) is 5.91 Å². The Morgan fingerprint density at radius 1 is 1.59 bits per heavy atom. The summed E-state index contributed by atoms with van der Waals surface area (Å²) >= 11 is 0. The molecule has 22 heavy (non-hydrogen) atoms. The standard InChI is InChI=1S/C15H22FN3O3/c1-18(14(20)9-22-2)10-15(21)6-3-7-19(11-15)13-5-4-12(16)8-17-13/h4-5,8,21H,3,6-7,9-11H2,1-2H3/t15-/m1/s1. The Hall–Kier alpha value is -1.73. The monoisotopic (exact) mass is 311 g/mol. The Balaban J connectivity index is 2.02. The number of pyridine rings is 1. The molecule has 6 nitrogen and oxygen atoms in total. The molecule has 1 fully saturated rings. The first-order chi connectivity index (χ1) is 10.4. The van der Waals surface area contributed by atoms with Gasteiger partial charge in [-0.25, -0.2) is 9.37 Å². The lowest BCUT2D eigenvalue weighted by molar-refractivity contribution is -0.137. The molecule has 7 heteroatoms.